The molecule has 0 saturated heterocycles. The third-order valence-corrected chi connectivity index (χ3v) is 5.56. The van der Waals surface area contributed by atoms with E-state index >= 15 is 0 Å². The van der Waals surface area contributed by atoms with Gasteiger partial charge in [0.1, 0.15) is 15.6 Å². The van der Waals surface area contributed by atoms with Crippen molar-refractivity contribution in [2.45, 2.75) is 12.3 Å². The maximum atomic E-state index is 12.7. The van der Waals surface area contributed by atoms with Gasteiger partial charge in [0.25, 0.3) is 0 Å². The number of ether oxygens (including phenoxy) is 1. The fourth-order valence-electron chi connectivity index (χ4n) is 3.19. The topological polar surface area (TPSA) is 94.6 Å². The van der Waals surface area contributed by atoms with Crippen molar-refractivity contribution in [2.75, 3.05) is 18.2 Å². The summed E-state index contributed by atoms with van der Waals surface area (Å²) < 4.78 is 10.5. The molecular formula is C19H16N2O4S. The first kappa shape index (κ1) is 16.4. The molecule has 0 aliphatic carbocycles. The average molecular weight is 368 g/mol. The third kappa shape index (κ3) is 2.66. The van der Waals surface area contributed by atoms with Crippen LogP contribution in [-0.4, -0.2) is 18.8 Å². The zero-order valence-electron chi connectivity index (χ0n) is 13.9. The van der Waals surface area contributed by atoms with Crippen LogP contribution in [0.3, 0.4) is 0 Å². The van der Waals surface area contributed by atoms with Gasteiger partial charge in [-0.3, -0.25) is 9.59 Å². The SMILES string of the molecule is COc1cccc([C@H]2CC(=O)Nc3sc(C(=O)c4ccco4)c(N)c32)c1. The Morgan fingerprint density at radius 3 is 2.92 bits per heavy atom. The Hall–Kier alpha value is -3.06. The number of ketones is 1. The molecule has 132 valence electrons. The van der Waals surface area contributed by atoms with Gasteiger partial charge in [-0.2, -0.15) is 0 Å². The predicted molar refractivity (Wildman–Crippen MR) is 99.0 cm³/mol. The van der Waals surface area contributed by atoms with Crippen LogP contribution < -0.4 is 15.8 Å². The van der Waals surface area contributed by atoms with E-state index in [2.05, 4.69) is 5.32 Å². The molecular weight excluding hydrogens is 352 g/mol. The second-order valence-electron chi connectivity index (χ2n) is 5.98. The van der Waals surface area contributed by atoms with Gasteiger partial charge in [-0.05, 0) is 29.8 Å². The van der Waals surface area contributed by atoms with Crippen LogP contribution in [0, 0.1) is 0 Å². The van der Waals surface area contributed by atoms with E-state index in [1.807, 2.05) is 24.3 Å². The lowest BCUT2D eigenvalue weighted by molar-refractivity contribution is -0.116. The van der Waals surface area contributed by atoms with Crippen molar-refractivity contribution in [2.24, 2.45) is 0 Å². The average Bonchev–Trinajstić information content (AvgIpc) is 3.29. The van der Waals surface area contributed by atoms with Gasteiger partial charge in [0, 0.05) is 17.9 Å². The van der Waals surface area contributed by atoms with Gasteiger partial charge in [0.15, 0.2) is 5.76 Å². The number of methoxy groups -OCH3 is 1. The Morgan fingerprint density at radius 1 is 1.35 bits per heavy atom. The van der Waals surface area contributed by atoms with Crippen molar-refractivity contribution < 1.29 is 18.7 Å². The minimum atomic E-state index is -0.287. The Morgan fingerprint density at radius 2 is 2.19 bits per heavy atom. The van der Waals surface area contributed by atoms with E-state index in [0.717, 1.165) is 11.1 Å². The van der Waals surface area contributed by atoms with Crippen LogP contribution in [0.25, 0.3) is 0 Å². The predicted octanol–water partition coefficient (Wildman–Crippen LogP) is 3.64. The number of hydrogen-bond donors (Lipinski definition) is 2. The first-order valence-electron chi connectivity index (χ1n) is 8.02. The van der Waals surface area contributed by atoms with Gasteiger partial charge in [-0.1, -0.05) is 12.1 Å². The molecule has 3 heterocycles. The molecule has 2 aromatic heterocycles. The summed E-state index contributed by atoms with van der Waals surface area (Å²) in [6.07, 6.45) is 1.70. The smallest absolute Gasteiger partial charge is 0.240 e. The fourth-order valence-corrected chi connectivity index (χ4v) is 4.34. The molecule has 0 unspecified atom stereocenters. The van der Waals surface area contributed by atoms with Crippen LogP contribution in [0.2, 0.25) is 0 Å². The van der Waals surface area contributed by atoms with Gasteiger partial charge >= 0.3 is 0 Å². The summed E-state index contributed by atoms with van der Waals surface area (Å²) in [6.45, 7) is 0. The Bertz CT molecular complexity index is 991. The maximum Gasteiger partial charge on any atom is 0.240 e. The first-order chi connectivity index (χ1) is 12.6. The van der Waals surface area contributed by atoms with E-state index in [9.17, 15) is 9.59 Å². The van der Waals surface area contributed by atoms with Crippen LogP contribution in [0.5, 0.6) is 5.75 Å². The number of carbonyl (C=O) groups excluding carboxylic acids is 2. The second-order valence-corrected chi connectivity index (χ2v) is 7.00. The highest BCUT2D eigenvalue weighted by Gasteiger charge is 2.34. The fraction of sp³-hybridized carbons (Fsp3) is 0.158. The van der Waals surface area contributed by atoms with E-state index in [-0.39, 0.29) is 29.8 Å². The van der Waals surface area contributed by atoms with Gasteiger partial charge in [0.2, 0.25) is 11.7 Å². The zero-order chi connectivity index (χ0) is 18.3. The molecule has 7 heteroatoms. The van der Waals surface area contributed by atoms with Crippen LogP contribution in [0.4, 0.5) is 10.7 Å². The number of nitrogens with one attached hydrogen (secondary N) is 1. The van der Waals surface area contributed by atoms with E-state index in [1.54, 1.807) is 19.2 Å². The lowest BCUT2D eigenvalue weighted by Gasteiger charge is -2.24. The number of thiophene rings is 1. The largest absolute Gasteiger partial charge is 0.497 e. The summed E-state index contributed by atoms with van der Waals surface area (Å²) in [5.74, 6) is 0.299. The van der Waals surface area contributed by atoms with Crippen molar-refractivity contribution in [1.29, 1.82) is 0 Å². The van der Waals surface area contributed by atoms with Crippen molar-refractivity contribution in [3.63, 3.8) is 0 Å². The lowest BCUT2D eigenvalue weighted by atomic mass is 9.86. The summed E-state index contributed by atoms with van der Waals surface area (Å²) in [5.41, 5.74) is 8.42. The molecule has 26 heavy (non-hydrogen) atoms. The first-order valence-corrected chi connectivity index (χ1v) is 8.84. The quantitative estimate of drug-likeness (QED) is 0.686. The normalized spacial score (nSPS) is 16.0. The van der Waals surface area contributed by atoms with Gasteiger partial charge in [0.05, 0.1) is 19.1 Å². The lowest BCUT2D eigenvalue weighted by Crippen LogP contribution is -2.22. The number of carbonyl (C=O) groups is 2. The molecule has 0 saturated carbocycles. The number of benzene rings is 1. The van der Waals surface area contributed by atoms with E-state index in [4.69, 9.17) is 14.9 Å². The molecule has 1 amide bonds. The molecule has 0 radical (unpaired) electrons. The molecule has 4 rings (SSSR count). The number of hydrogen-bond acceptors (Lipinski definition) is 6. The summed E-state index contributed by atoms with van der Waals surface area (Å²) in [6, 6.07) is 10.8. The molecule has 1 aromatic carbocycles. The molecule has 1 aliphatic heterocycles. The highest BCUT2D eigenvalue weighted by molar-refractivity contribution is 7.19. The molecule has 0 spiro atoms. The van der Waals surface area contributed by atoms with E-state index in [0.29, 0.717) is 21.3 Å². The summed E-state index contributed by atoms with van der Waals surface area (Å²) >= 11 is 1.18. The third-order valence-electron chi connectivity index (χ3n) is 4.42. The maximum absolute atomic E-state index is 12.7. The van der Waals surface area contributed by atoms with Crippen molar-refractivity contribution in [3.8, 4) is 5.75 Å². The molecule has 3 N–H and O–H groups in total. The number of anilines is 2. The van der Waals surface area contributed by atoms with Gasteiger partial charge in [-0.15, -0.1) is 11.3 Å². The van der Waals surface area contributed by atoms with Gasteiger partial charge in [-0.25, -0.2) is 0 Å². The highest BCUT2D eigenvalue weighted by atomic mass is 32.1. The van der Waals surface area contributed by atoms with Crippen LogP contribution in [-0.2, 0) is 4.79 Å². The zero-order valence-corrected chi connectivity index (χ0v) is 14.8. The summed E-state index contributed by atoms with van der Waals surface area (Å²) in [4.78, 5) is 25.3. The van der Waals surface area contributed by atoms with Gasteiger partial charge < -0.3 is 20.2 Å². The Labute approximate surface area is 153 Å². The van der Waals surface area contributed by atoms with Crippen LogP contribution in [0.15, 0.2) is 47.1 Å². The highest BCUT2D eigenvalue weighted by Crippen LogP contribution is 2.47. The number of rotatable bonds is 4. The summed E-state index contributed by atoms with van der Waals surface area (Å²) in [5, 5.41) is 3.45. The van der Waals surface area contributed by atoms with E-state index in [1.165, 1.54) is 17.6 Å². The van der Waals surface area contributed by atoms with Crippen molar-refractivity contribution in [3.05, 3.63) is 64.4 Å². The minimum absolute atomic E-state index is 0.108. The standard InChI is InChI=1S/C19H16N2O4S/c1-24-11-5-2-4-10(8-11)12-9-14(22)21-19-15(12)16(20)18(26-19)17(23)13-6-3-7-25-13/h2-8,12H,9,20H2,1H3,(H,21,22)/t12-/m1/s1. The van der Waals surface area contributed by atoms with Crippen LogP contribution >= 0.6 is 11.3 Å². The number of amides is 1. The van der Waals surface area contributed by atoms with Crippen LogP contribution in [0.1, 0.15) is 38.9 Å². The number of nitrogen functional groups attached to an aromatic ring is 1. The number of fused-ring (bicyclic) bond motifs is 1. The Kier molecular flexibility index (Phi) is 4.00. The minimum Gasteiger partial charge on any atom is -0.497 e. The molecule has 0 fully saturated rings. The summed E-state index contributed by atoms with van der Waals surface area (Å²) in [7, 11) is 1.59. The number of nitrogens with two attached hydrogens (primary N) is 1. The molecule has 1 atom stereocenters. The van der Waals surface area contributed by atoms with Crippen molar-refractivity contribution in [1.82, 2.24) is 0 Å². The molecule has 0 bridgehead atoms. The molecule has 3 aromatic rings. The number of furan rings is 1. The molecule has 1 aliphatic rings. The second kappa shape index (κ2) is 6.34. The van der Waals surface area contributed by atoms with Crippen molar-refractivity contribution >= 4 is 33.7 Å². The monoisotopic (exact) mass is 368 g/mol. The van der Waals surface area contributed by atoms with E-state index < -0.39 is 0 Å². The Balaban J connectivity index is 1.82. The molecule has 6 nitrogen and oxygen atoms in total.